The third kappa shape index (κ3) is 0.854. The molecule has 4 rings (SSSR count). The predicted molar refractivity (Wildman–Crippen MR) is 64.3 cm³/mol. The van der Waals surface area contributed by atoms with Crippen LogP contribution >= 0.6 is 0 Å². The van der Waals surface area contributed by atoms with Gasteiger partial charge in [0.05, 0.1) is 18.1 Å². The number of nitrogens with zero attached hydrogens (tertiary/aromatic N) is 1. The zero-order valence-electron chi connectivity index (χ0n) is 10.2. The van der Waals surface area contributed by atoms with Gasteiger partial charge in [0.25, 0.3) is 0 Å². The van der Waals surface area contributed by atoms with E-state index < -0.39 is 11.8 Å². The SMILES string of the molecule is C=CCN1C(=O)C2C3CC4C(OC1(C=C)C42)C3O. The van der Waals surface area contributed by atoms with Crippen molar-refractivity contribution in [1.82, 2.24) is 4.90 Å². The lowest BCUT2D eigenvalue weighted by molar-refractivity contribution is -0.162. The van der Waals surface area contributed by atoms with E-state index in [1.807, 2.05) is 0 Å². The van der Waals surface area contributed by atoms with Gasteiger partial charge < -0.3 is 14.7 Å². The van der Waals surface area contributed by atoms with E-state index >= 15 is 0 Å². The molecule has 4 heteroatoms. The number of aliphatic hydroxyl groups is 1. The van der Waals surface area contributed by atoms with E-state index in [-0.39, 0.29) is 29.8 Å². The molecule has 2 aliphatic carbocycles. The summed E-state index contributed by atoms with van der Waals surface area (Å²) in [6, 6.07) is 0. The molecule has 0 aromatic rings. The van der Waals surface area contributed by atoms with Crippen LogP contribution in [0.3, 0.4) is 0 Å². The minimum absolute atomic E-state index is 0.0779. The molecular formula is C14H17NO3. The maximum absolute atomic E-state index is 12.6. The number of ether oxygens (including phenoxy) is 1. The average molecular weight is 247 g/mol. The maximum atomic E-state index is 12.6. The number of amides is 1. The second kappa shape index (κ2) is 3.06. The molecule has 2 bridgehead atoms. The molecule has 1 amide bonds. The highest BCUT2D eigenvalue weighted by Crippen LogP contribution is 2.67. The van der Waals surface area contributed by atoms with Crippen molar-refractivity contribution in [1.29, 1.82) is 0 Å². The van der Waals surface area contributed by atoms with E-state index in [0.29, 0.717) is 12.5 Å². The number of likely N-dealkylation sites (tertiary alicyclic amines) is 1. The second-order valence-corrected chi connectivity index (χ2v) is 5.88. The zero-order chi connectivity index (χ0) is 12.7. The second-order valence-electron chi connectivity index (χ2n) is 5.88. The van der Waals surface area contributed by atoms with E-state index in [1.54, 1.807) is 17.1 Å². The molecule has 7 atom stereocenters. The molecule has 0 radical (unpaired) electrons. The number of carbonyl (C=O) groups excluding carboxylic acids is 1. The Bertz CT molecular complexity index is 462. The van der Waals surface area contributed by atoms with Crippen LogP contribution in [-0.4, -0.2) is 40.4 Å². The Balaban J connectivity index is 1.86. The standard InChI is InChI=1S/C14H17NO3/c1-3-5-15-13(17)9-7-6-8-10(9)14(15,4-2)18-12(8)11(7)16/h3-4,7-12,16H,1-2,5-6H2. The fraction of sp³-hybridized carbons (Fsp3) is 0.643. The normalized spacial score (nSPS) is 55.4. The monoisotopic (exact) mass is 247 g/mol. The average Bonchev–Trinajstić information content (AvgIpc) is 3.00. The van der Waals surface area contributed by atoms with Gasteiger partial charge in [0, 0.05) is 12.5 Å². The Kier molecular flexibility index (Phi) is 1.83. The van der Waals surface area contributed by atoms with Gasteiger partial charge in [-0.25, -0.2) is 0 Å². The zero-order valence-corrected chi connectivity index (χ0v) is 10.2. The van der Waals surface area contributed by atoms with Gasteiger partial charge in [-0.3, -0.25) is 4.79 Å². The van der Waals surface area contributed by atoms with Crippen molar-refractivity contribution in [3.8, 4) is 0 Å². The maximum Gasteiger partial charge on any atom is 0.229 e. The quantitative estimate of drug-likeness (QED) is 0.740. The minimum atomic E-state index is -0.697. The van der Waals surface area contributed by atoms with Gasteiger partial charge in [-0.2, -0.15) is 0 Å². The summed E-state index contributed by atoms with van der Waals surface area (Å²) >= 11 is 0. The van der Waals surface area contributed by atoms with Gasteiger partial charge in [0.15, 0.2) is 5.72 Å². The van der Waals surface area contributed by atoms with Crippen LogP contribution in [0.2, 0.25) is 0 Å². The lowest BCUT2D eigenvalue weighted by atomic mass is 9.77. The molecule has 2 aliphatic heterocycles. The molecule has 2 heterocycles. The van der Waals surface area contributed by atoms with Crippen molar-refractivity contribution in [3.05, 3.63) is 25.3 Å². The number of carbonyl (C=O) groups is 1. The first-order valence-electron chi connectivity index (χ1n) is 6.57. The Hall–Kier alpha value is -1.13. The van der Waals surface area contributed by atoms with Crippen molar-refractivity contribution in [2.75, 3.05) is 6.54 Å². The Labute approximate surface area is 106 Å². The minimum Gasteiger partial charge on any atom is -0.390 e. The van der Waals surface area contributed by atoms with Crippen LogP contribution in [0.1, 0.15) is 6.42 Å². The fourth-order valence-corrected chi connectivity index (χ4v) is 4.93. The lowest BCUT2D eigenvalue weighted by Crippen LogP contribution is -2.49. The molecule has 7 unspecified atom stereocenters. The summed E-state index contributed by atoms with van der Waals surface area (Å²) in [7, 11) is 0. The van der Waals surface area contributed by atoms with Gasteiger partial charge in [-0.05, 0) is 24.3 Å². The van der Waals surface area contributed by atoms with Crippen LogP contribution in [0.15, 0.2) is 25.3 Å². The molecule has 2 saturated heterocycles. The molecule has 0 spiro atoms. The molecular weight excluding hydrogens is 230 g/mol. The van der Waals surface area contributed by atoms with Gasteiger partial charge in [0.1, 0.15) is 0 Å². The lowest BCUT2D eigenvalue weighted by Gasteiger charge is -2.36. The van der Waals surface area contributed by atoms with Crippen molar-refractivity contribution < 1.29 is 14.6 Å². The highest BCUT2D eigenvalue weighted by atomic mass is 16.6. The summed E-state index contributed by atoms with van der Waals surface area (Å²) in [6.45, 7) is 8.08. The number of hydrogen-bond donors (Lipinski definition) is 1. The van der Waals surface area contributed by atoms with Crippen LogP contribution in [-0.2, 0) is 9.53 Å². The molecule has 0 aromatic carbocycles. The van der Waals surface area contributed by atoms with Gasteiger partial charge in [-0.15, -0.1) is 6.58 Å². The molecule has 2 saturated carbocycles. The third-order valence-electron chi connectivity index (χ3n) is 5.43. The first-order chi connectivity index (χ1) is 8.65. The van der Waals surface area contributed by atoms with Crippen molar-refractivity contribution >= 4 is 5.91 Å². The van der Waals surface area contributed by atoms with Gasteiger partial charge in [0.2, 0.25) is 5.91 Å². The summed E-state index contributed by atoms with van der Waals surface area (Å²) in [6.07, 6.45) is 3.81. The topological polar surface area (TPSA) is 49.8 Å². The smallest absolute Gasteiger partial charge is 0.229 e. The number of aliphatic hydroxyl groups excluding tert-OH is 1. The largest absolute Gasteiger partial charge is 0.390 e. The summed E-state index contributed by atoms with van der Waals surface area (Å²) in [5.41, 5.74) is -0.697. The first kappa shape index (κ1) is 10.8. The Morgan fingerprint density at radius 2 is 2.28 bits per heavy atom. The summed E-state index contributed by atoms with van der Waals surface area (Å²) in [5.74, 6) is 0.591. The molecule has 96 valence electrons. The van der Waals surface area contributed by atoms with E-state index in [9.17, 15) is 9.90 Å². The molecule has 18 heavy (non-hydrogen) atoms. The van der Waals surface area contributed by atoms with Crippen LogP contribution in [0, 0.1) is 23.7 Å². The van der Waals surface area contributed by atoms with Crippen molar-refractivity contribution in [2.45, 2.75) is 24.4 Å². The van der Waals surface area contributed by atoms with Crippen molar-refractivity contribution in [2.24, 2.45) is 23.7 Å². The van der Waals surface area contributed by atoms with Crippen LogP contribution in [0.4, 0.5) is 0 Å². The molecule has 1 N–H and O–H groups in total. The van der Waals surface area contributed by atoms with E-state index in [0.717, 1.165) is 6.42 Å². The number of fused-ring (bicyclic) bond motifs is 2. The summed E-state index contributed by atoms with van der Waals surface area (Å²) < 4.78 is 6.10. The highest BCUT2D eigenvalue weighted by Gasteiger charge is 2.77. The third-order valence-corrected chi connectivity index (χ3v) is 5.43. The predicted octanol–water partition coefficient (Wildman–Crippen LogP) is 0.539. The Morgan fingerprint density at radius 3 is 2.94 bits per heavy atom. The van der Waals surface area contributed by atoms with E-state index in [2.05, 4.69) is 13.2 Å². The van der Waals surface area contributed by atoms with Gasteiger partial charge >= 0.3 is 0 Å². The van der Waals surface area contributed by atoms with Gasteiger partial charge in [-0.1, -0.05) is 12.7 Å². The summed E-state index contributed by atoms with van der Waals surface area (Å²) in [4.78, 5) is 14.3. The van der Waals surface area contributed by atoms with Crippen LogP contribution in [0.25, 0.3) is 0 Å². The molecule has 0 aromatic heterocycles. The Morgan fingerprint density at radius 1 is 1.50 bits per heavy atom. The number of hydrogen-bond acceptors (Lipinski definition) is 3. The highest BCUT2D eigenvalue weighted by molar-refractivity contribution is 5.85. The molecule has 4 nitrogen and oxygen atoms in total. The number of rotatable bonds is 3. The molecule has 4 fully saturated rings. The van der Waals surface area contributed by atoms with E-state index in [1.165, 1.54) is 0 Å². The first-order valence-corrected chi connectivity index (χ1v) is 6.57. The van der Waals surface area contributed by atoms with E-state index in [4.69, 9.17) is 4.74 Å². The van der Waals surface area contributed by atoms with Crippen molar-refractivity contribution in [3.63, 3.8) is 0 Å². The van der Waals surface area contributed by atoms with Crippen LogP contribution in [0.5, 0.6) is 0 Å². The van der Waals surface area contributed by atoms with Crippen LogP contribution < -0.4 is 0 Å². The fourth-order valence-electron chi connectivity index (χ4n) is 4.93. The molecule has 4 aliphatic rings. The summed E-state index contributed by atoms with van der Waals surface area (Å²) in [5, 5.41) is 10.2.